The molecule has 3 aromatic carbocycles. The Kier molecular flexibility index (Phi) is 10.5. The molecule has 0 aromatic heterocycles. The van der Waals surface area contributed by atoms with Crippen LogP contribution in [-0.2, 0) is 26.2 Å². The number of benzene rings is 3. The number of anilines is 1. The Morgan fingerprint density at radius 2 is 1.54 bits per heavy atom. The van der Waals surface area contributed by atoms with Crippen LogP contribution >= 0.6 is 0 Å². The van der Waals surface area contributed by atoms with Gasteiger partial charge >= 0.3 is 0 Å². The first-order valence-electron chi connectivity index (χ1n) is 13.1. The van der Waals surface area contributed by atoms with E-state index < -0.39 is 28.5 Å². The van der Waals surface area contributed by atoms with Crippen LogP contribution in [0.25, 0.3) is 0 Å². The number of hydrogen-bond acceptors (Lipinski definition) is 5. The van der Waals surface area contributed by atoms with Crippen molar-refractivity contribution >= 4 is 27.5 Å². The number of amides is 2. The summed E-state index contributed by atoms with van der Waals surface area (Å²) in [6.07, 6.45) is 1.11. The van der Waals surface area contributed by atoms with Crippen molar-refractivity contribution in [2.45, 2.75) is 57.1 Å². The fraction of sp³-hybridized carbons (Fsp3) is 0.333. The van der Waals surface area contributed by atoms with Gasteiger partial charge in [-0.3, -0.25) is 13.9 Å². The van der Waals surface area contributed by atoms with E-state index in [9.17, 15) is 18.0 Å². The highest BCUT2D eigenvalue weighted by atomic mass is 32.2. The molecule has 3 rings (SSSR count). The number of nitrogens with zero attached hydrogens (tertiary/aromatic N) is 2. The standard InChI is InChI=1S/C30H37N3O5S/c1-5-23(3)31-30(35)28(6-2)32(21-24-14-9-7-10-15-24)29(34)22-33(25-16-13-17-26(20-25)38-4)39(36,37)27-18-11-8-12-19-27/h7-20,23,28H,5-6,21-22H2,1-4H3,(H,31,35)/t23-,28-/m1/s1. The molecular formula is C30H37N3O5S. The van der Waals surface area contributed by atoms with Crippen LogP contribution in [0.4, 0.5) is 5.69 Å². The lowest BCUT2D eigenvalue weighted by Gasteiger charge is -2.33. The van der Waals surface area contributed by atoms with Crippen molar-refractivity contribution in [2.75, 3.05) is 18.0 Å². The summed E-state index contributed by atoms with van der Waals surface area (Å²) in [7, 11) is -2.64. The summed E-state index contributed by atoms with van der Waals surface area (Å²) in [4.78, 5) is 28.8. The second-order valence-corrected chi connectivity index (χ2v) is 11.1. The van der Waals surface area contributed by atoms with Crippen molar-refractivity contribution in [3.05, 3.63) is 90.5 Å². The van der Waals surface area contributed by atoms with E-state index in [0.29, 0.717) is 12.2 Å². The number of methoxy groups -OCH3 is 1. The third-order valence-electron chi connectivity index (χ3n) is 6.53. The first kappa shape index (κ1) is 29.7. The van der Waals surface area contributed by atoms with Crippen molar-refractivity contribution in [3.63, 3.8) is 0 Å². The lowest BCUT2D eigenvalue weighted by molar-refractivity contribution is -0.140. The maximum atomic E-state index is 14.0. The van der Waals surface area contributed by atoms with Gasteiger partial charge in [0.25, 0.3) is 10.0 Å². The van der Waals surface area contributed by atoms with Crippen LogP contribution in [-0.4, -0.2) is 50.9 Å². The van der Waals surface area contributed by atoms with Crippen molar-refractivity contribution in [1.82, 2.24) is 10.2 Å². The molecule has 39 heavy (non-hydrogen) atoms. The minimum atomic E-state index is -4.13. The highest BCUT2D eigenvalue weighted by molar-refractivity contribution is 7.92. The molecule has 9 heteroatoms. The van der Waals surface area contributed by atoms with E-state index in [-0.39, 0.29) is 29.1 Å². The number of carbonyl (C=O) groups is 2. The molecule has 2 atom stereocenters. The van der Waals surface area contributed by atoms with Gasteiger partial charge in [0.15, 0.2) is 0 Å². The zero-order valence-corrected chi connectivity index (χ0v) is 23.7. The van der Waals surface area contributed by atoms with E-state index in [1.54, 1.807) is 42.5 Å². The van der Waals surface area contributed by atoms with Crippen LogP contribution in [0.1, 0.15) is 39.2 Å². The lowest BCUT2D eigenvalue weighted by Crippen LogP contribution is -2.53. The summed E-state index contributed by atoms with van der Waals surface area (Å²) in [6.45, 7) is 5.38. The zero-order chi connectivity index (χ0) is 28.4. The Hall–Kier alpha value is -3.85. The van der Waals surface area contributed by atoms with Gasteiger partial charge in [-0.25, -0.2) is 8.42 Å². The molecule has 0 aliphatic carbocycles. The number of nitrogens with one attached hydrogen (secondary N) is 1. The van der Waals surface area contributed by atoms with Crippen molar-refractivity contribution in [2.24, 2.45) is 0 Å². The minimum absolute atomic E-state index is 0.0526. The predicted molar refractivity (Wildman–Crippen MR) is 153 cm³/mol. The highest BCUT2D eigenvalue weighted by Gasteiger charge is 2.34. The van der Waals surface area contributed by atoms with Gasteiger partial charge in [0.2, 0.25) is 11.8 Å². The van der Waals surface area contributed by atoms with Crippen LogP contribution in [0.3, 0.4) is 0 Å². The molecule has 1 N–H and O–H groups in total. The molecular weight excluding hydrogens is 514 g/mol. The molecule has 0 aliphatic heterocycles. The molecule has 0 radical (unpaired) electrons. The summed E-state index contributed by atoms with van der Waals surface area (Å²) < 4.78 is 34.1. The molecule has 0 spiro atoms. The molecule has 2 amide bonds. The van der Waals surface area contributed by atoms with Gasteiger partial charge in [0, 0.05) is 18.7 Å². The number of carbonyl (C=O) groups excluding carboxylic acids is 2. The fourth-order valence-corrected chi connectivity index (χ4v) is 5.58. The van der Waals surface area contributed by atoms with Gasteiger partial charge in [-0.1, -0.05) is 68.4 Å². The van der Waals surface area contributed by atoms with Gasteiger partial charge in [-0.05, 0) is 49.6 Å². The maximum Gasteiger partial charge on any atom is 0.264 e. The quantitative estimate of drug-likeness (QED) is 0.335. The molecule has 0 saturated carbocycles. The van der Waals surface area contributed by atoms with E-state index in [4.69, 9.17) is 4.74 Å². The second-order valence-electron chi connectivity index (χ2n) is 9.28. The molecule has 208 valence electrons. The first-order chi connectivity index (χ1) is 18.7. The van der Waals surface area contributed by atoms with E-state index in [0.717, 1.165) is 16.3 Å². The van der Waals surface area contributed by atoms with Crippen molar-refractivity contribution < 1.29 is 22.7 Å². The number of sulfonamides is 1. The smallest absolute Gasteiger partial charge is 0.264 e. The van der Waals surface area contributed by atoms with Crippen LogP contribution in [0, 0.1) is 0 Å². The molecule has 0 heterocycles. The number of hydrogen-bond donors (Lipinski definition) is 1. The van der Waals surface area contributed by atoms with Gasteiger partial charge in [0.05, 0.1) is 17.7 Å². The topological polar surface area (TPSA) is 96.0 Å². The average Bonchev–Trinajstić information content (AvgIpc) is 2.96. The first-order valence-corrected chi connectivity index (χ1v) is 14.5. The van der Waals surface area contributed by atoms with Crippen molar-refractivity contribution in [3.8, 4) is 5.75 Å². The average molecular weight is 552 g/mol. The Morgan fingerprint density at radius 1 is 0.897 bits per heavy atom. The molecule has 0 bridgehead atoms. The normalized spacial score (nSPS) is 12.7. The van der Waals surface area contributed by atoms with E-state index in [1.807, 2.05) is 51.1 Å². The Labute approximate surface area is 231 Å². The van der Waals surface area contributed by atoms with E-state index in [1.165, 1.54) is 24.1 Å². The molecule has 0 unspecified atom stereocenters. The predicted octanol–water partition coefficient (Wildman–Crippen LogP) is 4.61. The van der Waals surface area contributed by atoms with Gasteiger partial charge in [0.1, 0.15) is 18.3 Å². The third kappa shape index (κ3) is 7.60. The summed E-state index contributed by atoms with van der Waals surface area (Å²) in [5.74, 6) is -0.309. The zero-order valence-electron chi connectivity index (χ0n) is 22.9. The molecule has 3 aromatic rings. The molecule has 8 nitrogen and oxygen atoms in total. The van der Waals surface area contributed by atoms with Gasteiger partial charge in [-0.15, -0.1) is 0 Å². The number of ether oxygens (including phenoxy) is 1. The van der Waals surface area contributed by atoms with Crippen molar-refractivity contribution in [1.29, 1.82) is 0 Å². The van der Waals surface area contributed by atoms with Crippen LogP contribution in [0.15, 0.2) is 89.8 Å². The van der Waals surface area contributed by atoms with E-state index in [2.05, 4.69) is 5.32 Å². The van der Waals surface area contributed by atoms with Gasteiger partial charge < -0.3 is 15.0 Å². The fourth-order valence-electron chi connectivity index (χ4n) is 4.15. The molecule has 0 fully saturated rings. The van der Waals surface area contributed by atoms with E-state index >= 15 is 0 Å². The summed E-state index contributed by atoms with van der Waals surface area (Å²) in [5.41, 5.74) is 1.11. The third-order valence-corrected chi connectivity index (χ3v) is 8.32. The Morgan fingerprint density at radius 3 is 2.13 bits per heavy atom. The lowest BCUT2D eigenvalue weighted by atomic mass is 10.1. The SMILES string of the molecule is CC[C@@H](C)NC(=O)[C@@H](CC)N(Cc1ccccc1)C(=O)CN(c1cccc(OC)c1)S(=O)(=O)c1ccccc1. The van der Waals surface area contributed by atoms with Crippen LogP contribution in [0.5, 0.6) is 5.75 Å². The minimum Gasteiger partial charge on any atom is -0.497 e. The summed E-state index contributed by atoms with van der Waals surface area (Å²) >= 11 is 0. The molecule has 0 aliphatic rings. The maximum absolute atomic E-state index is 14.0. The Bertz CT molecular complexity index is 1330. The monoisotopic (exact) mass is 551 g/mol. The Balaban J connectivity index is 2.05. The number of rotatable bonds is 13. The molecule has 0 saturated heterocycles. The summed E-state index contributed by atoms with van der Waals surface area (Å²) in [5, 5.41) is 2.98. The largest absolute Gasteiger partial charge is 0.497 e. The van der Waals surface area contributed by atoms with Crippen LogP contribution < -0.4 is 14.4 Å². The van der Waals surface area contributed by atoms with Crippen LogP contribution in [0.2, 0.25) is 0 Å². The second kappa shape index (κ2) is 13.8. The van der Waals surface area contributed by atoms with Gasteiger partial charge in [-0.2, -0.15) is 0 Å². The summed E-state index contributed by atoms with van der Waals surface area (Å²) in [6, 6.07) is 23.0. The highest BCUT2D eigenvalue weighted by Crippen LogP contribution is 2.27.